The lowest BCUT2D eigenvalue weighted by Crippen LogP contribution is -2.26. The van der Waals surface area contributed by atoms with Gasteiger partial charge in [-0.15, -0.1) is 0 Å². The molecule has 0 aliphatic carbocycles. The molecule has 0 aliphatic rings. The molecule has 1 N–H and O–H groups in total. The van der Waals surface area contributed by atoms with Gasteiger partial charge in [0.15, 0.2) is 17.3 Å². The highest BCUT2D eigenvalue weighted by molar-refractivity contribution is 5.84. The van der Waals surface area contributed by atoms with Crippen molar-refractivity contribution < 1.29 is 19.1 Å². The molecule has 1 atom stereocenters. The van der Waals surface area contributed by atoms with Gasteiger partial charge in [0.25, 0.3) is 0 Å². The van der Waals surface area contributed by atoms with Gasteiger partial charge < -0.3 is 19.4 Å². The Balaban J connectivity index is 1.58. The molecule has 0 aliphatic heterocycles. The van der Waals surface area contributed by atoms with E-state index in [0.29, 0.717) is 24.5 Å². The summed E-state index contributed by atoms with van der Waals surface area (Å²) < 4.78 is 12.5. The topological polar surface area (TPSA) is 82.5 Å². The minimum absolute atomic E-state index is 0.0576. The van der Waals surface area contributed by atoms with Gasteiger partial charge in [-0.1, -0.05) is 18.2 Å². The summed E-state index contributed by atoms with van der Waals surface area (Å²) in [5, 5.41) is 2.96. The number of amides is 1. The second-order valence-electron chi connectivity index (χ2n) is 7.49. The molecule has 1 aromatic heterocycles. The molecule has 0 radical (unpaired) electrons. The monoisotopic (exact) mass is 423 g/mol. The number of hydrogen-bond acceptors (Lipinski definition) is 5. The molecule has 0 spiro atoms. The van der Waals surface area contributed by atoms with E-state index < -0.39 is 0 Å². The van der Waals surface area contributed by atoms with Crippen molar-refractivity contribution in [2.24, 2.45) is 0 Å². The number of para-hydroxylation sites is 2. The van der Waals surface area contributed by atoms with E-state index in [2.05, 4.69) is 5.32 Å². The molecule has 3 rings (SSSR count). The van der Waals surface area contributed by atoms with E-state index in [-0.39, 0.29) is 24.2 Å². The number of nitrogens with zero attached hydrogens (tertiary/aromatic N) is 2. The summed E-state index contributed by atoms with van der Waals surface area (Å²) in [6.45, 7) is 4.02. The number of aromatic nitrogens is 2. The van der Waals surface area contributed by atoms with Crippen LogP contribution in [-0.2, 0) is 22.4 Å². The van der Waals surface area contributed by atoms with Crippen LogP contribution in [0.5, 0.6) is 11.5 Å². The molecule has 164 valence electrons. The van der Waals surface area contributed by atoms with Crippen LogP contribution in [0.2, 0.25) is 0 Å². The molecule has 1 amide bonds. The first-order valence-electron chi connectivity index (χ1n) is 10.4. The van der Waals surface area contributed by atoms with Crippen molar-refractivity contribution in [3.63, 3.8) is 0 Å². The first kappa shape index (κ1) is 22.3. The third kappa shape index (κ3) is 5.23. The fourth-order valence-electron chi connectivity index (χ4n) is 3.60. The maximum atomic E-state index is 12.3. The normalized spacial score (nSPS) is 11.9. The number of imidazole rings is 1. The number of ether oxygens (including phenoxy) is 2. The van der Waals surface area contributed by atoms with Gasteiger partial charge in [0.1, 0.15) is 5.82 Å². The van der Waals surface area contributed by atoms with Crippen LogP contribution in [-0.4, -0.2) is 42.0 Å². The summed E-state index contributed by atoms with van der Waals surface area (Å²) in [4.78, 5) is 29.0. The fourth-order valence-corrected chi connectivity index (χ4v) is 3.60. The van der Waals surface area contributed by atoms with E-state index in [1.54, 1.807) is 27.2 Å². The highest BCUT2D eigenvalue weighted by Crippen LogP contribution is 2.27. The zero-order chi connectivity index (χ0) is 22.4. The van der Waals surface area contributed by atoms with Crippen molar-refractivity contribution in [3.8, 4) is 11.5 Å². The van der Waals surface area contributed by atoms with Gasteiger partial charge in [0, 0.05) is 13.0 Å². The highest BCUT2D eigenvalue weighted by atomic mass is 16.5. The lowest BCUT2D eigenvalue weighted by molar-refractivity contribution is -0.120. The first-order valence-corrected chi connectivity index (χ1v) is 10.4. The largest absolute Gasteiger partial charge is 0.493 e. The van der Waals surface area contributed by atoms with E-state index in [0.717, 1.165) is 28.8 Å². The minimum Gasteiger partial charge on any atom is -0.493 e. The van der Waals surface area contributed by atoms with Crippen LogP contribution in [0.15, 0.2) is 42.5 Å². The van der Waals surface area contributed by atoms with Crippen molar-refractivity contribution in [2.45, 2.75) is 39.2 Å². The second-order valence-corrected chi connectivity index (χ2v) is 7.49. The van der Waals surface area contributed by atoms with Crippen molar-refractivity contribution in [1.29, 1.82) is 0 Å². The third-order valence-electron chi connectivity index (χ3n) is 5.36. The van der Waals surface area contributed by atoms with Gasteiger partial charge in [-0.25, -0.2) is 4.98 Å². The molecule has 3 aromatic rings. The molecule has 0 saturated heterocycles. The van der Waals surface area contributed by atoms with E-state index in [1.165, 1.54) is 0 Å². The number of methoxy groups -OCH3 is 2. The molecule has 2 aromatic carbocycles. The molecule has 0 bridgehead atoms. The summed E-state index contributed by atoms with van der Waals surface area (Å²) in [7, 11) is 3.15. The van der Waals surface area contributed by atoms with E-state index in [9.17, 15) is 9.59 Å². The number of aryl methyl sites for hydroxylation is 1. The smallest absolute Gasteiger partial charge is 0.224 e. The highest BCUT2D eigenvalue weighted by Gasteiger charge is 2.18. The van der Waals surface area contributed by atoms with Crippen LogP contribution in [0.4, 0.5) is 0 Å². The van der Waals surface area contributed by atoms with Crippen molar-refractivity contribution in [3.05, 3.63) is 53.9 Å². The van der Waals surface area contributed by atoms with Crippen LogP contribution >= 0.6 is 0 Å². The first-order chi connectivity index (χ1) is 14.9. The maximum absolute atomic E-state index is 12.3. The fraction of sp³-hybridized carbons (Fsp3) is 0.375. The molecule has 1 unspecified atom stereocenters. The molecule has 0 saturated carbocycles. The number of fused-ring (bicyclic) bond motifs is 1. The number of nitrogens with one attached hydrogen (secondary N) is 1. The lowest BCUT2D eigenvalue weighted by atomic mass is 10.1. The van der Waals surface area contributed by atoms with Gasteiger partial charge in [0.2, 0.25) is 5.91 Å². The average Bonchev–Trinajstić information content (AvgIpc) is 3.14. The quantitative estimate of drug-likeness (QED) is 0.505. The maximum Gasteiger partial charge on any atom is 0.224 e. The summed E-state index contributed by atoms with van der Waals surface area (Å²) in [6.07, 6.45) is 1.66. The molecule has 7 nitrogen and oxygen atoms in total. The van der Waals surface area contributed by atoms with Crippen molar-refractivity contribution >= 4 is 22.7 Å². The van der Waals surface area contributed by atoms with Crippen LogP contribution in [0.1, 0.15) is 37.7 Å². The number of carbonyl (C=O) groups is 2. The third-order valence-corrected chi connectivity index (χ3v) is 5.36. The average molecular weight is 424 g/mol. The number of Topliss-reactive ketones (excluding diaryl/α,β-unsaturated/α-hetero) is 1. The van der Waals surface area contributed by atoms with Gasteiger partial charge in [-0.05, 0) is 50.1 Å². The molecular formula is C24H29N3O4. The Kier molecular flexibility index (Phi) is 7.28. The second kappa shape index (κ2) is 10.1. The zero-order valence-corrected chi connectivity index (χ0v) is 18.5. The Morgan fingerprint density at radius 2 is 1.84 bits per heavy atom. The Morgan fingerprint density at radius 1 is 1.10 bits per heavy atom. The number of hydrogen-bond donors (Lipinski definition) is 1. The number of carbonyl (C=O) groups excluding carboxylic acids is 2. The van der Waals surface area contributed by atoms with Gasteiger partial charge in [-0.3, -0.25) is 9.59 Å². The number of rotatable bonds is 10. The summed E-state index contributed by atoms with van der Waals surface area (Å²) in [6, 6.07) is 13.0. The Morgan fingerprint density at radius 3 is 2.55 bits per heavy atom. The van der Waals surface area contributed by atoms with Crippen LogP contribution in [0.25, 0.3) is 11.0 Å². The van der Waals surface area contributed by atoms with Gasteiger partial charge >= 0.3 is 0 Å². The Bertz CT molecular complexity index is 1070. The minimum atomic E-state index is -0.276. The van der Waals surface area contributed by atoms with Crippen molar-refractivity contribution in [2.75, 3.05) is 20.8 Å². The standard InChI is InChI=1S/C24H29N3O4/c1-16(17(2)28)27-20-9-6-5-8-19(20)26-23(27)10-7-13-25-24(29)15-18-11-12-21(30-3)22(14-18)31-4/h5-6,8-9,11-12,14,16H,7,10,13,15H2,1-4H3,(H,25,29). The predicted molar refractivity (Wildman–Crippen MR) is 120 cm³/mol. The van der Waals surface area contributed by atoms with E-state index in [1.807, 2.05) is 47.9 Å². The van der Waals surface area contributed by atoms with Crippen LogP contribution < -0.4 is 14.8 Å². The molecular weight excluding hydrogens is 394 g/mol. The molecule has 7 heteroatoms. The zero-order valence-electron chi connectivity index (χ0n) is 18.5. The Labute approximate surface area is 182 Å². The molecule has 31 heavy (non-hydrogen) atoms. The van der Waals surface area contributed by atoms with Gasteiger partial charge in [-0.2, -0.15) is 0 Å². The number of benzene rings is 2. The SMILES string of the molecule is COc1ccc(CC(=O)NCCCc2nc3ccccc3n2C(C)C(C)=O)cc1OC. The predicted octanol–water partition coefficient (Wildman–Crippen LogP) is 3.50. The summed E-state index contributed by atoms with van der Waals surface area (Å²) >= 11 is 0. The molecule has 1 heterocycles. The van der Waals surface area contributed by atoms with Gasteiger partial charge in [0.05, 0.1) is 37.7 Å². The Hall–Kier alpha value is -3.35. The van der Waals surface area contributed by atoms with Crippen LogP contribution in [0.3, 0.4) is 0 Å². The van der Waals surface area contributed by atoms with E-state index in [4.69, 9.17) is 14.5 Å². The molecule has 0 fully saturated rings. The van der Waals surface area contributed by atoms with Crippen LogP contribution in [0, 0.1) is 0 Å². The van der Waals surface area contributed by atoms with E-state index >= 15 is 0 Å². The summed E-state index contributed by atoms with van der Waals surface area (Å²) in [5.41, 5.74) is 2.69. The van der Waals surface area contributed by atoms with Crippen molar-refractivity contribution in [1.82, 2.24) is 14.9 Å². The number of ketones is 1. The summed E-state index contributed by atoms with van der Waals surface area (Å²) in [5.74, 6) is 2.13. The lowest BCUT2D eigenvalue weighted by Gasteiger charge is -2.15.